The highest BCUT2D eigenvalue weighted by atomic mass is 16.1. The highest BCUT2D eigenvalue weighted by molar-refractivity contribution is 5.83. The molecule has 17 heavy (non-hydrogen) atoms. The number of carbonyl (C=O) groups is 1. The van der Waals surface area contributed by atoms with Crippen LogP contribution in [0.1, 0.15) is 58.8 Å². The van der Waals surface area contributed by atoms with Crippen LogP contribution in [0, 0.1) is 11.3 Å². The van der Waals surface area contributed by atoms with Crippen molar-refractivity contribution in [1.29, 1.82) is 0 Å². The van der Waals surface area contributed by atoms with Crippen LogP contribution < -0.4 is 0 Å². The average molecular weight is 237 g/mol. The molecule has 0 aromatic heterocycles. The predicted octanol–water partition coefficient (Wildman–Crippen LogP) is 3.26. The quantitative estimate of drug-likeness (QED) is 0.751. The van der Waals surface area contributed by atoms with Crippen LogP contribution in [0.25, 0.3) is 0 Å². The minimum absolute atomic E-state index is 0.343. The Kier molecular flexibility index (Phi) is 3.92. The van der Waals surface area contributed by atoms with Gasteiger partial charge in [-0.15, -0.1) is 0 Å². The van der Waals surface area contributed by atoms with Crippen LogP contribution in [0.5, 0.6) is 0 Å². The molecule has 0 aromatic rings. The molecule has 0 aliphatic heterocycles. The van der Waals surface area contributed by atoms with E-state index < -0.39 is 0 Å². The molecular weight excluding hydrogens is 210 g/mol. The Bertz CT molecular complexity index is 275. The highest BCUT2D eigenvalue weighted by Gasteiger charge is 2.31. The molecule has 1 unspecified atom stereocenters. The first kappa shape index (κ1) is 13.1. The fraction of sp³-hybridized carbons (Fsp3) is 0.933. The molecule has 2 aliphatic rings. The number of hydrogen-bond donors (Lipinski definition) is 0. The van der Waals surface area contributed by atoms with Gasteiger partial charge in [0, 0.05) is 24.9 Å². The number of rotatable bonds is 3. The third-order valence-electron chi connectivity index (χ3n) is 4.87. The molecule has 2 aliphatic carbocycles. The second kappa shape index (κ2) is 5.09. The number of carbonyl (C=O) groups excluding carboxylic acids is 1. The van der Waals surface area contributed by atoms with Gasteiger partial charge in [-0.25, -0.2) is 0 Å². The molecule has 0 amide bonds. The fourth-order valence-corrected chi connectivity index (χ4v) is 3.40. The summed E-state index contributed by atoms with van der Waals surface area (Å²) in [7, 11) is 2.22. The summed E-state index contributed by atoms with van der Waals surface area (Å²) < 4.78 is 0. The first-order chi connectivity index (χ1) is 7.98. The Labute approximate surface area is 106 Å². The summed E-state index contributed by atoms with van der Waals surface area (Å²) in [5.41, 5.74) is 0.542. The normalized spacial score (nSPS) is 30.1. The molecule has 2 saturated carbocycles. The summed E-state index contributed by atoms with van der Waals surface area (Å²) in [4.78, 5) is 14.1. The standard InChI is InChI=1S/C15H27NO/c1-15(2)9-7-13(8-10-15)16(3)11-12-5-4-6-14(12)17/h12-13H,4-11H2,1-3H3. The largest absolute Gasteiger partial charge is 0.303 e. The van der Waals surface area contributed by atoms with E-state index in [-0.39, 0.29) is 0 Å². The molecule has 0 heterocycles. The SMILES string of the molecule is CN(CC1CCCC1=O)C1CCC(C)(C)CC1. The van der Waals surface area contributed by atoms with Gasteiger partial charge in [0.2, 0.25) is 0 Å². The van der Waals surface area contributed by atoms with Crippen molar-refractivity contribution in [2.75, 3.05) is 13.6 Å². The minimum Gasteiger partial charge on any atom is -0.303 e. The lowest BCUT2D eigenvalue weighted by molar-refractivity contribution is -0.121. The second-order valence-corrected chi connectivity index (χ2v) is 6.89. The summed E-state index contributed by atoms with van der Waals surface area (Å²) in [5, 5.41) is 0. The van der Waals surface area contributed by atoms with E-state index in [0.717, 1.165) is 31.8 Å². The van der Waals surface area contributed by atoms with E-state index in [1.165, 1.54) is 25.7 Å². The molecule has 1 atom stereocenters. The zero-order valence-corrected chi connectivity index (χ0v) is 11.7. The van der Waals surface area contributed by atoms with Gasteiger partial charge in [-0.05, 0) is 51.0 Å². The zero-order valence-electron chi connectivity index (χ0n) is 11.7. The zero-order chi connectivity index (χ0) is 12.5. The number of hydrogen-bond acceptors (Lipinski definition) is 2. The van der Waals surface area contributed by atoms with Gasteiger partial charge < -0.3 is 4.90 Å². The van der Waals surface area contributed by atoms with Crippen molar-refractivity contribution in [3.8, 4) is 0 Å². The summed E-state index contributed by atoms with van der Waals surface area (Å²) in [6, 6.07) is 0.719. The molecule has 0 aromatic carbocycles. The molecule has 0 N–H and O–H groups in total. The maximum Gasteiger partial charge on any atom is 0.137 e. The van der Waals surface area contributed by atoms with E-state index in [1.807, 2.05) is 0 Å². The van der Waals surface area contributed by atoms with E-state index in [1.54, 1.807) is 0 Å². The van der Waals surface area contributed by atoms with Gasteiger partial charge in [0.15, 0.2) is 0 Å². The van der Waals surface area contributed by atoms with Crippen LogP contribution in [0.4, 0.5) is 0 Å². The van der Waals surface area contributed by atoms with Crippen molar-refractivity contribution >= 4 is 5.78 Å². The summed E-state index contributed by atoms with van der Waals surface area (Å²) in [6.07, 6.45) is 8.36. The van der Waals surface area contributed by atoms with Gasteiger partial charge in [0.1, 0.15) is 5.78 Å². The predicted molar refractivity (Wildman–Crippen MR) is 71.0 cm³/mol. The van der Waals surface area contributed by atoms with E-state index >= 15 is 0 Å². The van der Waals surface area contributed by atoms with Crippen molar-refractivity contribution in [3.63, 3.8) is 0 Å². The number of nitrogens with zero attached hydrogens (tertiary/aromatic N) is 1. The van der Waals surface area contributed by atoms with Gasteiger partial charge in [-0.1, -0.05) is 13.8 Å². The first-order valence-corrected chi connectivity index (χ1v) is 7.21. The highest BCUT2D eigenvalue weighted by Crippen LogP contribution is 2.37. The summed E-state index contributed by atoms with van der Waals surface area (Å²) in [6.45, 7) is 5.76. The van der Waals surface area contributed by atoms with Gasteiger partial charge in [-0.2, -0.15) is 0 Å². The van der Waals surface area contributed by atoms with E-state index in [0.29, 0.717) is 17.1 Å². The van der Waals surface area contributed by atoms with Gasteiger partial charge in [-0.3, -0.25) is 4.79 Å². The minimum atomic E-state index is 0.343. The second-order valence-electron chi connectivity index (χ2n) is 6.89. The summed E-state index contributed by atoms with van der Waals surface area (Å²) >= 11 is 0. The topological polar surface area (TPSA) is 20.3 Å². The molecule has 2 heteroatoms. The van der Waals surface area contributed by atoms with Crippen LogP contribution >= 0.6 is 0 Å². The third kappa shape index (κ3) is 3.31. The lowest BCUT2D eigenvalue weighted by atomic mass is 9.75. The monoisotopic (exact) mass is 237 g/mol. The van der Waals surface area contributed by atoms with E-state index in [2.05, 4.69) is 25.8 Å². The third-order valence-corrected chi connectivity index (χ3v) is 4.87. The van der Waals surface area contributed by atoms with Gasteiger partial charge in [0.25, 0.3) is 0 Å². The Morgan fingerprint density at radius 1 is 1.24 bits per heavy atom. The Balaban J connectivity index is 1.80. The Morgan fingerprint density at radius 3 is 2.41 bits per heavy atom. The molecule has 98 valence electrons. The van der Waals surface area contributed by atoms with Crippen molar-refractivity contribution in [2.24, 2.45) is 11.3 Å². The molecule has 2 rings (SSSR count). The lowest BCUT2D eigenvalue weighted by Crippen LogP contribution is -2.40. The first-order valence-electron chi connectivity index (χ1n) is 7.21. The molecule has 0 spiro atoms. The maximum absolute atomic E-state index is 11.7. The Hall–Kier alpha value is -0.370. The van der Waals surface area contributed by atoms with E-state index in [9.17, 15) is 4.79 Å². The van der Waals surface area contributed by atoms with Crippen LogP contribution in [-0.2, 0) is 4.79 Å². The van der Waals surface area contributed by atoms with Crippen LogP contribution in [0.2, 0.25) is 0 Å². The lowest BCUT2D eigenvalue weighted by Gasteiger charge is -2.39. The van der Waals surface area contributed by atoms with Crippen molar-refractivity contribution in [1.82, 2.24) is 4.90 Å². The molecule has 0 bridgehead atoms. The van der Waals surface area contributed by atoms with Crippen LogP contribution in [0.3, 0.4) is 0 Å². The number of ketones is 1. The van der Waals surface area contributed by atoms with Crippen molar-refractivity contribution in [3.05, 3.63) is 0 Å². The molecular formula is C15H27NO. The Morgan fingerprint density at radius 2 is 1.88 bits per heavy atom. The van der Waals surface area contributed by atoms with Crippen molar-refractivity contribution in [2.45, 2.75) is 64.8 Å². The average Bonchev–Trinajstić information content (AvgIpc) is 2.64. The van der Waals surface area contributed by atoms with Gasteiger partial charge in [0.05, 0.1) is 0 Å². The molecule has 0 saturated heterocycles. The smallest absolute Gasteiger partial charge is 0.137 e. The molecule has 0 radical (unpaired) electrons. The maximum atomic E-state index is 11.7. The van der Waals surface area contributed by atoms with Gasteiger partial charge >= 0.3 is 0 Å². The molecule has 2 fully saturated rings. The summed E-state index contributed by atoms with van der Waals surface area (Å²) in [5.74, 6) is 0.850. The number of Topliss-reactive ketones (excluding diaryl/α,β-unsaturated/α-hetero) is 1. The van der Waals surface area contributed by atoms with Crippen LogP contribution in [-0.4, -0.2) is 30.3 Å². The fourth-order valence-electron chi connectivity index (χ4n) is 3.40. The van der Waals surface area contributed by atoms with Crippen molar-refractivity contribution < 1.29 is 4.79 Å². The molecule has 2 nitrogen and oxygen atoms in total. The van der Waals surface area contributed by atoms with Crippen LogP contribution in [0.15, 0.2) is 0 Å². The van der Waals surface area contributed by atoms with E-state index in [4.69, 9.17) is 0 Å².